The average Bonchev–Trinajstić information content (AvgIpc) is 3.38. The van der Waals surface area contributed by atoms with Crippen molar-refractivity contribution in [3.05, 3.63) is 70.7 Å². The second-order valence-electron chi connectivity index (χ2n) is 6.75. The number of rotatable bonds is 4. The lowest BCUT2D eigenvalue weighted by atomic mass is 9.97. The number of piperidine rings is 1. The summed E-state index contributed by atoms with van der Waals surface area (Å²) in [7, 11) is 0. The number of carbonyl (C=O) groups is 1. The van der Waals surface area contributed by atoms with E-state index in [0.717, 1.165) is 29.7 Å². The summed E-state index contributed by atoms with van der Waals surface area (Å²) in [4.78, 5) is 21.8. The van der Waals surface area contributed by atoms with Gasteiger partial charge in [0, 0.05) is 43.7 Å². The monoisotopic (exact) mass is 443 g/mol. The van der Waals surface area contributed by atoms with Crippen molar-refractivity contribution in [2.24, 2.45) is 0 Å². The van der Waals surface area contributed by atoms with E-state index in [4.69, 9.17) is 0 Å². The molecule has 2 aromatic heterocycles. The molecule has 0 saturated carbocycles. The summed E-state index contributed by atoms with van der Waals surface area (Å²) >= 11 is 3.30. The number of imidazole rings is 1. The Morgan fingerprint density at radius 1 is 1.39 bits per heavy atom. The number of nitrogens with zero attached hydrogens (tertiary/aromatic N) is 4. The molecule has 1 aliphatic heterocycles. The van der Waals surface area contributed by atoms with Crippen molar-refractivity contribution in [1.82, 2.24) is 24.6 Å². The number of aromatic amines is 1. The van der Waals surface area contributed by atoms with Gasteiger partial charge in [-0.2, -0.15) is 5.10 Å². The van der Waals surface area contributed by atoms with Gasteiger partial charge in [-0.3, -0.25) is 4.79 Å². The van der Waals surface area contributed by atoms with Gasteiger partial charge in [-0.05, 0) is 52.5 Å². The Bertz CT molecular complexity index is 998. The van der Waals surface area contributed by atoms with Crippen LogP contribution in [0.5, 0.6) is 0 Å². The molecule has 8 heteroatoms. The number of likely N-dealkylation sites (tertiary alicyclic amines) is 1. The fourth-order valence-corrected chi connectivity index (χ4v) is 3.70. The van der Waals surface area contributed by atoms with Gasteiger partial charge < -0.3 is 9.88 Å². The summed E-state index contributed by atoms with van der Waals surface area (Å²) in [6.45, 7) is 1.36. The van der Waals surface area contributed by atoms with Crippen LogP contribution >= 0.6 is 15.9 Å². The average molecular weight is 444 g/mol. The zero-order valence-corrected chi connectivity index (χ0v) is 16.6. The van der Waals surface area contributed by atoms with Crippen molar-refractivity contribution in [2.75, 3.05) is 13.1 Å². The van der Waals surface area contributed by atoms with Crippen LogP contribution in [0.15, 0.2) is 53.5 Å². The van der Waals surface area contributed by atoms with Gasteiger partial charge in [0.05, 0.1) is 10.7 Å². The van der Waals surface area contributed by atoms with Gasteiger partial charge in [0.1, 0.15) is 17.3 Å². The number of benzene rings is 1. The maximum atomic E-state index is 14.4. The Morgan fingerprint density at radius 2 is 2.29 bits per heavy atom. The summed E-state index contributed by atoms with van der Waals surface area (Å²) in [5.74, 6) is 0.674. The molecule has 1 saturated heterocycles. The number of aromatic nitrogens is 4. The molecule has 4 rings (SSSR count). The molecule has 3 heterocycles. The summed E-state index contributed by atoms with van der Waals surface area (Å²) < 4.78 is 16.6. The first-order valence-corrected chi connectivity index (χ1v) is 9.86. The molecule has 3 aromatic rings. The van der Waals surface area contributed by atoms with Crippen molar-refractivity contribution in [3.63, 3.8) is 0 Å². The molecule has 144 valence electrons. The third-order valence-electron chi connectivity index (χ3n) is 4.83. The zero-order valence-electron chi connectivity index (χ0n) is 15.1. The van der Waals surface area contributed by atoms with E-state index in [1.807, 2.05) is 4.90 Å². The fourth-order valence-electron chi connectivity index (χ4n) is 3.42. The minimum atomic E-state index is -0.402. The van der Waals surface area contributed by atoms with Crippen molar-refractivity contribution < 1.29 is 9.18 Å². The third-order valence-corrected chi connectivity index (χ3v) is 5.24. The van der Waals surface area contributed by atoms with E-state index in [-0.39, 0.29) is 11.8 Å². The highest BCUT2D eigenvalue weighted by atomic mass is 79.9. The summed E-state index contributed by atoms with van der Waals surface area (Å²) in [5.41, 5.74) is 0.979. The largest absolute Gasteiger partial charge is 0.348 e. The van der Waals surface area contributed by atoms with Gasteiger partial charge in [-0.1, -0.05) is 6.07 Å². The molecule has 1 unspecified atom stereocenters. The number of nitrogens with one attached hydrogen (secondary N) is 1. The first kappa shape index (κ1) is 18.6. The molecule has 1 N–H and O–H groups in total. The fraction of sp³-hybridized carbons (Fsp3) is 0.250. The number of carbonyl (C=O) groups excluding carboxylic acids is 1. The minimum Gasteiger partial charge on any atom is -0.348 e. The predicted octanol–water partition coefficient (Wildman–Crippen LogP) is 3.92. The molecule has 1 amide bonds. The molecule has 1 aliphatic rings. The van der Waals surface area contributed by atoms with Gasteiger partial charge in [0.25, 0.3) is 0 Å². The third kappa shape index (κ3) is 4.06. The first-order valence-electron chi connectivity index (χ1n) is 9.06. The number of hydrogen-bond donors (Lipinski definition) is 1. The lowest BCUT2D eigenvalue weighted by Gasteiger charge is -2.31. The van der Waals surface area contributed by atoms with Gasteiger partial charge in [0.2, 0.25) is 5.91 Å². The Kier molecular flexibility index (Phi) is 5.38. The highest BCUT2D eigenvalue weighted by Gasteiger charge is 2.25. The van der Waals surface area contributed by atoms with Crippen molar-refractivity contribution >= 4 is 27.9 Å². The van der Waals surface area contributed by atoms with Crippen molar-refractivity contribution in [3.8, 4) is 5.69 Å². The summed E-state index contributed by atoms with van der Waals surface area (Å²) in [6.07, 6.45) is 11.9. The summed E-state index contributed by atoms with van der Waals surface area (Å²) in [5, 5.41) is 4.08. The Morgan fingerprint density at radius 3 is 3.00 bits per heavy atom. The van der Waals surface area contributed by atoms with E-state index in [2.05, 4.69) is 31.0 Å². The molecule has 1 aromatic carbocycles. The van der Waals surface area contributed by atoms with Gasteiger partial charge >= 0.3 is 0 Å². The quantitative estimate of drug-likeness (QED) is 0.621. The van der Waals surface area contributed by atoms with E-state index in [1.165, 1.54) is 16.8 Å². The van der Waals surface area contributed by atoms with E-state index in [0.29, 0.717) is 17.8 Å². The van der Waals surface area contributed by atoms with Gasteiger partial charge in [-0.15, -0.1) is 0 Å². The van der Waals surface area contributed by atoms with Gasteiger partial charge in [0.15, 0.2) is 0 Å². The molecule has 0 bridgehead atoms. The lowest BCUT2D eigenvalue weighted by molar-refractivity contribution is -0.127. The second-order valence-corrected chi connectivity index (χ2v) is 7.66. The van der Waals surface area contributed by atoms with Crippen LogP contribution in [0.4, 0.5) is 4.39 Å². The predicted molar refractivity (Wildman–Crippen MR) is 107 cm³/mol. The highest BCUT2D eigenvalue weighted by Crippen LogP contribution is 2.24. The van der Waals surface area contributed by atoms with Crippen LogP contribution < -0.4 is 0 Å². The van der Waals surface area contributed by atoms with E-state index in [1.54, 1.807) is 43.0 Å². The molecule has 0 radical (unpaired) electrons. The van der Waals surface area contributed by atoms with Gasteiger partial charge in [-0.25, -0.2) is 14.1 Å². The van der Waals surface area contributed by atoms with E-state index >= 15 is 0 Å². The second kappa shape index (κ2) is 8.10. The highest BCUT2D eigenvalue weighted by molar-refractivity contribution is 9.10. The Hall–Kier alpha value is -2.74. The van der Waals surface area contributed by atoms with Crippen molar-refractivity contribution in [2.45, 2.75) is 18.8 Å². The van der Waals surface area contributed by atoms with Crippen LogP contribution in [0.2, 0.25) is 0 Å². The normalized spacial score (nSPS) is 17.4. The topological polar surface area (TPSA) is 66.8 Å². The molecule has 28 heavy (non-hydrogen) atoms. The first-order chi connectivity index (χ1) is 13.6. The standard InChI is InChI=1S/C20H19BrFN5O/c21-16-11-25-27(13-16)18-5-3-14(10-17(18)22)4-6-19(28)26-9-1-2-15(12-26)20-23-7-8-24-20/h3-8,10-11,13,15H,1-2,9,12H2,(H,23,24)/b6-4+. The van der Waals surface area contributed by atoms with Crippen molar-refractivity contribution in [1.29, 1.82) is 0 Å². The number of halogens is 2. The smallest absolute Gasteiger partial charge is 0.246 e. The molecular formula is C20H19BrFN5O. The molecular weight excluding hydrogens is 425 g/mol. The van der Waals surface area contributed by atoms with Crippen LogP contribution in [-0.2, 0) is 4.79 Å². The van der Waals surface area contributed by atoms with Crippen LogP contribution in [0.1, 0.15) is 30.1 Å². The van der Waals surface area contributed by atoms with Crippen LogP contribution in [-0.4, -0.2) is 43.6 Å². The Balaban J connectivity index is 1.43. The van der Waals surface area contributed by atoms with E-state index in [9.17, 15) is 9.18 Å². The van der Waals surface area contributed by atoms with Crippen LogP contribution in [0.3, 0.4) is 0 Å². The molecule has 1 atom stereocenters. The molecule has 0 aliphatic carbocycles. The van der Waals surface area contributed by atoms with Crippen LogP contribution in [0, 0.1) is 5.82 Å². The maximum Gasteiger partial charge on any atom is 0.246 e. The lowest BCUT2D eigenvalue weighted by Crippen LogP contribution is -2.38. The number of hydrogen-bond acceptors (Lipinski definition) is 3. The van der Waals surface area contributed by atoms with E-state index < -0.39 is 5.82 Å². The minimum absolute atomic E-state index is 0.0725. The SMILES string of the molecule is O=C(/C=C/c1ccc(-n2cc(Br)cn2)c(F)c1)N1CCCC(c2ncc[nH]2)C1. The number of H-pyrrole nitrogens is 1. The zero-order chi connectivity index (χ0) is 19.5. The molecule has 1 fully saturated rings. The Labute approximate surface area is 170 Å². The molecule has 0 spiro atoms. The number of amides is 1. The summed E-state index contributed by atoms with van der Waals surface area (Å²) in [6, 6.07) is 4.81. The maximum absolute atomic E-state index is 14.4. The molecule has 6 nitrogen and oxygen atoms in total. The van der Waals surface area contributed by atoms with Crippen LogP contribution in [0.25, 0.3) is 11.8 Å².